The third kappa shape index (κ3) is 3.19. The fourth-order valence-corrected chi connectivity index (χ4v) is 2.57. The van der Waals surface area contributed by atoms with Gasteiger partial charge in [-0.3, -0.25) is 4.90 Å². The number of rotatable bonds is 5. The molecule has 1 aliphatic rings. The lowest BCUT2D eigenvalue weighted by Crippen LogP contribution is -2.44. The molecule has 104 valence electrons. The molecule has 0 spiro atoms. The summed E-state index contributed by atoms with van der Waals surface area (Å²) in [5.74, 6) is 0. The number of cyclic esters (lactones) is 1. The Kier molecular flexibility index (Phi) is 4.32. The van der Waals surface area contributed by atoms with Crippen molar-refractivity contribution in [2.75, 3.05) is 13.2 Å². The molecule has 1 aromatic rings. The van der Waals surface area contributed by atoms with Gasteiger partial charge in [-0.15, -0.1) is 0 Å². The summed E-state index contributed by atoms with van der Waals surface area (Å²) >= 11 is 5.97. The van der Waals surface area contributed by atoms with Crippen molar-refractivity contribution in [3.05, 3.63) is 34.9 Å². The molecule has 0 radical (unpaired) electrons. The summed E-state index contributed by atoms with van der Waals surface area (Å²) < 4.78 is 5.19. The number of carbonyl (C=O) groups is 1. The van der Waals surface area contributed by atoms with E-state index in [0.717, 1.165) is 18.4 Å². The van der Waals surface area contributed by atoms with Crippen LogP contribution >= 0.6 is 11.6 Å². The van der Waals surface area contributed by atoms with Crippen LogP contribution in [0.4, 0.5) is 4.79 Å². The third-order valence-electron chi connectivity index (χ3n) is 3.53. The minimum atomic E-state index is -0.279. The molecule has 2 rings (SSSR count). The van der Waals surface area contributed by atoms with Gasteiger partial charge in [-0.25, -0.2) is 4.79 Å². The number of benzene rings is 1. The van der Waals surface area contributed by atoms with Crippen LogP contribution in [0.1, 0.15) is 25.3 Å². The first-order valence-corrected chi connectivity index (χ1v) is 6.82. The standard InChI is InChI=1S/C14H19ClN2O2/c1-14(6-3-7-16)10-19-13(18)17(14)9-11-4-2-5-12(15)8-11/h2,4-5,8H,3,6-7,9-10,16H2,1H3. The van der Waals surface area contributed by atoms with E-state index < -0.39 is 0 Å². The zero-order chi connectivity index (χ0) is 13.9. The SMILES string of the molecule is CC1(CCCN)COC(=O)N1Cc1cccc(Cl)c1. The molecule has 1 atom stereocenters. The van der Waals surface area contributed by atoms with E-state index in [4.69, 9.17) is 22.1 Å². The second kappa shape index (κ2) is 5.80. The number of ether oxygens (including phenoxy) is 1. The van der Waals surface area contributed by atoms with Gasteiger partial charge in [-0.2, -0.15) is 0 Å². The Bertz CT molecular complexity index is 467. The van der Waals surface area contributed by atoms with E-state index in [1.54, 1.807) is 4.90 Å². The highest BCUT2D eigenvalue weighted by Crippen LogP contribution is 2.30. The van der Waals surface area contributed by atoms with Gasteiger partial charge in [0.2, 0.25) is 0 Å². The average Bonchev–Trinajstić information content (AvgIpc) is 2.66. The second-order valence-electron chi connectivity index (χ2n) is 5.16. The van der Waals surface area contributed by atoms with Crippen LogP contribution in [0.3, 0.4) is 0 Å². The first-order chi connectivity index (χ1) is 9.05. The normalized spacial score (nSPS) is 22.7. The van der Waals surface area contributed by atoms with Gasteiger partial charge >= 0.3 is 6.09 Å². The number of amides is 1. The van der Waals surface area contributed by atoms with Crippen molar-refractivity contribution < 1.29 is 9.53 Å². The van der Waals surface area contributed by atoms with Gasteiger partial charge < -0.3 is 10.5 Å². The number of halogens is 1. The lowest BCUT2D eigenvalue weighted by molar-refractivity contribution is 0.147. The van der Waals surface area contributed by atoms with Crippen molar-refractivity contribution >= 4 is 17.7 Å². The van der Waals surface area contributed by atoms with E-state index in [2.05, 4.69) is 0 Å². The minimum absolute atomic E-state index is 0.264. The van der Waals surface area contributed by atoms with Gasteiger partial charge in [-0.1, -0.05) is 23.7 Å². The maximum atomic E-state index is 11.9. The van der Waals surface area contributed by atoms with Gasteiger partial charge in [-0.05, 0) is 44.0 Å². The molecule has 1 aliphatic heterocycles. The van der Waals surface area contributed by atoms with E-state index >= 15 is 0 Å². The molecule has 1 amide bonds. The molecule has 5 heteroatoms. The van der Waals surface area contributed by atoms with Crippen molar-refractivity contribution in [3.8, 4) is 0 Å². The second-order valence-corrected chi connectivity index (χ2v) is 5.60. The molecule has 0 saturated carbocycles. The number of hydrogen-bond donors (Lipinski definition) is 1. The van der Waals surface area contributed by atoms with E-state index in [1.165, 1.54) is 0 Å². The molecule has 1 heterocycles. The summed E-state index contributed by atoms with van der Waals surface area (Å²) in [4.78, 5) is 13.7. The Morgan fingerprint density at radius 3 is 3.00 bits per heavy atom. The molecule has 2 N–H and O–H groups in total. The fraction of sp³-hybridized carbons (Fsp3) is 0.500. The molecule has 19 heavy (non-hydrogen) atoms. The lowest BCUT2D eigenvalue weighted by atomic mass is 9.95. The summed E-state index contributed by atoms with van der Waals surface area (Å²) in [7, 11) is 0. The molecule has 4 nitrogen and oxygen atoms in total. The summed E-state index contributed by atoms with van der Waals surface area (Å²) in [6.07, 6.45) is 1.45. The van der Waals surface area contributed by atoms with E-state index in [9.17, 15) is 4.79 Å². The molecule has 0 aliphatic carbocycles. The molecular formula is C14H19ClN2O2. The van der Waals surface area contributed by atoms with Gasteiger partial charge in [0.25, 0.3) is 0 Å². The fourth-order valence-electron chi connectivity index (χ4n) is 2.36. The highest BCUT2D eigenvalue weighted by atomic mass is 35.5. The number of nitrogens with zero attached hydrogens (tertiary/aromatic N) is 1. The Labute approximate surface area is 118 Å². The van der Waals surface area contributed by atoms with Crippen LogP contribution in [0.2, 0.25) is 5.02 Å². The van der Waals surface area contributed by atoms with Crippen LogP contribution in [0.15, 0.2) is 24.3 Å². The smallest absolute Gasteiger partial charge is 0.410 e. The van der Waals surface area contributed by atoms with Crippen LogP contribution < -0.4 is 5.73 Å². The van der Waals surface area contributed by atoms with E-state index in [-0.39, 0.29) is 11.6 Å². The van der Waals surface area contributed by atoms with E-state index in [0.29, 0.717) is 24.7 Å². The van der Waals surface area contributed by atoms with Crippen LogP contribution in [0, 0.1) is 0 Å². The molecule has 1 unspecified atom stereocenters. The van der Waals surface area contributed by atoms with Crippen LogP contribution in [0.25, 0.3) is 0 Å². The summed E-state index contributed by atoms with van der Waals surface area (Å²) in [5, 5.41) is 0.675. The number of nitrogens with two attached hydrogens (primary N) is 1. The quantitative estimate of drug-likeness (QED) is 0.903. The molecule has 1 aromatic carbocycles. The Morgan fingerprint density at radius 1 is 1.53 bits per heavy atom. The topological polar surface area (TPSA) is 55.6 Å². The Morgan fingerprint density at radius 2 is 2.32 bits per heavy atom. The molecule has 0 bridgehead atoms. The first-order valence-electron chi connectivity index (χ1n) is 6.44. The highest BCUT2D eigenvalue weighted by Gasteiger charge is 2.42. The lowest BCUT2D eigenvalue weighted by Gasteiger charge is -2.32. The van der Waals surface area contributed by atoms with Gasteiger partial charge in [0.1, 0.15) is 6.61 Å². The number of hydrogen-bond acceptors (Lipinski definition) is 3. The largest absolute Gasteiger partial charge is 0.447 e. The summed E-state index contributed by atoms with van der Waals surface area (Å²) in [6, 6.07) is 7.54. The monoisotopic (exact) mass is 282 g/mol. The Balaban J connectivity index is 2.13. The maximum Gasteiger partial charge on any atom is 0.410 e. The first kappa shape index (κ1) is 14.2. The average molecular weight is 283 g/mol. The Hall–Kier alpha value is -1.26. The van der Waals surface area contributed by atoms with Crippen molar-refractivity contribution in [2.24, 2.45) is 5.73 Å². The predicted molar refractivity (Wildman–Crippen MR) is 75.0 cm³/mol. The predicted octanol–water partition coefficient (Wildman–Crippen LogP) is 2.79. The van der Waals surface area contributed by atoms with Gasteiger partial charge in [0.05, 0.1) is 5.54 Å². The van der Waals surface area contributed by atoms with Crippen molar-refractivity contribution in [2.45, 2.75) is 31.8 Å². The van der Waals surface area contributed by atoms with E-state index in [1.807, 2.05) is 31.2 Å². The highest BCUT2D eigenvalue weighted by molar-refractivity contribution is 6.30. The zero-order valence-electron chi connectivity index (χ0n) is 11.1. The molecule has 1 saturated heterocycles. The molecule has 1 fully saturated rings. The summed E-state index contributed by atoms with van der Waals surface area (Å²) in [6.45, 7) is 3.60. The minimum Gasteiger partial charge on any atom is -0.447 e. The van der Waals surface area contributed by atoms with Gasteiger partial charge in [0, 0.05) is 11.6 Å². The van der Waals surface area contributed by atoms with Crippen LogP contribution in [0.5, 0.6) is 0 Å². The van der Waals surface area contributed by atoms with Crippen molar-refractivity contribution in [3.63, 3.8) is 0 Å². The van der Waals surface area contributed by atoms with Crippen LogP contribution in [-0.2, 0) is 11.3 Å². The summed E-state index contributed by atoms with van der Waals surface area (Å²) in [5.41, 5.74) is 6.28. The third-order valence-corrected chi connectivity index (χ3v) is 3.76. The molecular weight excluding hydrogens is 264 g/mol. The van der Waals surface area contributed by atoms with Crippen molar-refractivity contribution in [1.29, 1.82) is 0 Å². The zero-order valence-corrected chi connectivity index (χ0v) is 11.8. The van der Waals surface area contributed by atoms with Gasteiger partial charge in [0.15, 0.2) is 0 Å². The maximum absolute atomic E-state index is 11.9. The van der Waals surface area contributed by atoms with Crippen LogP contribution in [-0.4, -0.2) is 29.7 Å². The molecule has 0 aromatic heterocycles. The van der Waals surface area contributed by atoms with Crippen molar-refractivity contribution in [1.82, 2.24) is 4.90 Å². The number of carbonyl (C=O) groups excluding carboxylic acids is 1.